The zero-order valence-electron chi connectivity index (χ0n) is 17.8. The van der Waals surface area contributed by atoms with Crippen molar-refractivity contribution in [1.29, 1.82) is 0 Å². The number of methoxy groups -OCH3 is 1. The van der Waals surface area contributed by atoms with Crippen molar-refractivity contribution in [3.8, 4) is 28.1 Å². The first-order valence-electron chi connectivity index (χ1n) is 10.1. The van der Waals surface area contributed by atoms with Gasteiger partial charge in [-0.05, 0) is 53.6 Å². The van der Waals surface area contributed by atoms with Crippen LogP contribution in [0.15, 0.2) is 77.4 Å². The highest BCUT2D eigenvalue weighted by atomic mass is 32.2. The van der Waals surface area contributed by atoms with Crippen LogP contribution in [0.25, 0.3) is 33.3 Å². The molecule has 0 atom stereocenters. The summed E-state index contributed by atoms with van der Waals surface area (Å²) in [6.07, 6.45) is 1.39. The molecule has 0 bridgehead atoms. The third-order valence-electron chi connectivity index (χ3n) is 5.30. The minimum Gasteiger partial charge on any atom is -0.496 e. The molecule has 0 saturated carbocycles. The molecule has 0 aliphatic rings. The van der Waals surface area contributed by atoms with Crippen LogP contribution in [-0.2, 0) is 15.6 Å². The van der Waals surface area contributed by atoms with Crippen molar-refractivity contribution in [2.45, 2.75) is 10.6 Å². The van der Waals surface area contributed by atoms with Crippen LogP contribution in [0, 0.1) is 5.82 Å². The van der Waals surface area contributed by atoms with Gasteiger partial charge in [0.05, 0.1) is 23.2 Å². The topological polar surface area (TPSA) is 94.9 Å². The Kier molecular flexibility index (Phi) is 5.76. The average molecular weight is 493 g/mol. The molecule has 170 valence electrons. The largest absolute Gasteiger partial charge is 0.496 e. The quantitative estimate of drug-likeness (QED) is 0.331. The van der Waals surface area contributed by atoms with Gasteiger partial charge in [0.25, 0.3) is 0 Å². The van der Waals surface area contributed by atoms with E-state index in [4.69, 9.17) is 4.74 Å². The van der Waals surface area contributed by atoms with Crippen LogP contribution in [0.5, 0.6) is 5.75 Å². The highest BCUT2D eigenvalue weighted by Crippen LogP contribution is 2.36. The van der Waals surface area contributed by atoms with Gasteiger partial charge in [-0.15, -0.1) is 21.5 Å². The average Bonchev–Trinajstić information content (AvgIpc) is 3.35. The zero-order chi connectivity index (χ0) is 23.7. The van der Waals surface area contributed by atoms with E-state index in [0.29, 0.717) is 32.9 Å². The van der Waals surface area contributed by atoms with Crippen molar-refractivity contribution in [2.24, 2.45) is 0 Å². The second-order valence-corrected chi connectivity index (χ2v) is 10.3. The summed E-state index contributed by atoms with van der Waals surface area (Å²) in [7, 11) is -2.06. The highest BCUT2D eigenvalue weighted by molar-refractivity contribution is 7.90. The zero-order valence-corrected chi connectivity index (χ0v) is 19.5. The van der Waals surface area contributed by atoms with Crippen LogP contribution < -0.4 is 4.74 Å². The molecule has 0 aliphatic heterocycles. The predicted octanol–water partition coefficient (Wildman–Crippen LogP) is 4.94. The van der Waals surface area contributed by atoms with Gasteiger partial charge in [0.1, 0.15) is 34.2 Å². The Balaban J connectivity index is 1.56. The standard InChI is InChI=1S/C24H17FN4O3S2/c1-32-22-10-16(15-3-2-4-17(25)9-15)5-7-20(22)24-19-8-6-18(11-21(19)26-13-27-24)34(30,31)12-23-29-28-14-33-23/h2-11,13-14H,12H2,1H3. The third kappa shape index (κ3) is 4.25. The maximum atomic E-state index is 13.7. The molecule has 0 amide bonds. The lowest BCUT2D eigenvalue weighted by Crippen LogP contribution is -2.05. The monoisotopic (exact) mass is 492 g/mol. The lowest BCUT2D eigenvalue weighted by molar-refractivity contribution is 0.416. The summed E-state index contributed by atoms with van der Waals surface area (Å²) in [6, 6.07) is 16.6. The minimum absolute atomic E-state index is 0.147. The molecule has 5 aromatic rings. The third-order valence-corrected chi connectivity index (χ3v) is 7.81. The van der Waals surface area contributed by atoms with Gasteiger partial charge in [0.15, 0.2) is 9.84 Å². The number of hydrogen-bond acceptors (Lipinski definition) is 8. The molecule has 0 unspecified atom stereocenters. The molecule has 7 nitrogen and oxygen atoms in total. The first kappa shape index (κ1) is 22.1. The van der Waals surface area contributed by atoms with Gasteiger partial charge in [0.2, 0.25) is 0 Å². The molecule has 0 radical (unpaired) electrons. The highest BCUT2D eigenvalue weighted by Gasteiger charge is 2.20. The van der Waals surface area contributed by atoms with E-state index in [1.54, 1.807) is 25.3 Å². The normalized spacial score (nSPS) is 11.6. The van der Waals surface area contributed by atoms with Crippen LogP contribution in [0.3, 0.4) is 0 Å². The Bertz CT molecular complexity index is 1610. The summed E-state index contributed by atoms with van der Waals surface area (Å²) in [5.74, 6) is 0.00479. The molecule has 0 fully saturated rings. The van der Waals surface area contributed by atoms with Crippen molar-refractivity contribution in [3.05, 3.63) is 83.3 Å². The summed E-state index contributed by atoms with van der Waals surface area (Å²) in [5, 5.41) is 8.62. The number of rotatable bonds is 6. The lowest BCUT2D eigenvalue weighted by atomic mass is 10.00. The van der Waals surface area contributed by atoms with Gasteiger partial charge in [-0.1, -0.05) is 18.2 Å². The number of aromatic nitrogens is 4. The first-order chi connectivity index (χ1) is 16.4. The van der Waals surface area contributed by atoms with E-state index in [1.165, 1.54) is 41.4 Å². The molecular weight excluding hydrogens is 475 g/mol. The maximum Gasteiger partial charge on any atom is 0.185 e. The Labute approximate surface area is 198 Å². The number of hydrogen-bond donors (Lipinski definition) is 0. The second kappa shape index (κ2) is 8.88. The number of sulfone groups is 1. The number of nitrogens with zero attached hydrogens (tertiary/aromatic N) is 4. The van der Waals surface area contributed by atoms with Crippen molar-refractivity contribution >= 4 is 32.1 Å². The summed E-state index contributed by atoms with van der Waals surface area (Å²) in [6.45, 7) is 0. The van der Waals surface area contributed by atoms with Gasteiger partial charge < -0.3 is 4.74 Å². The molecule has 34 heavy (non-hydrogen) atoms. The van der Waals surface area contributed by atoms with Crippen molar-refractivity contribution < 1.29 is 17.5 Å². The smallest absolute Gasteiger partial charge is 0.185 e. The van der Waals surface area contributed by atoms with Gasteiger partial charge in [-0.2, -0.15) is 0 Å². The van der Waals surface area contributed by atoms with Crippen molar-refractivity contribution in [3.63, 3.8) is 0 Å². The summed E-state index contributed by atoms with van der Waals surface area (Å²) >= 11 is 1.19. The molecule has 0 N–H and O–H groups in total. The molecule has 5 rings (SSSR count). The minimum atomic E-state index is -3.61. The van der Waals surface area contributed by atoms with Crippen molar-refractivity contribution in [1.82, 2.24) is 20.2 Å². The molecule has 0 aliphatic carbocycles. The molecule has 10 heteroatoms. The molecule has 0 saturated heterocycles. The summed E-state index contributed by atoms with van der Waals surface area (Å²) in [5.41, 5.74) is 4.81. The molecule has 2 aromatic heterocycles. The fraction of sp³-hybridized carbons (Fsp3) is 0.0833. The van der Waals surface area contributed by atoms with Gasteiger partial charge in [-0.25, -0.2) is 22.8 Å². The fourth-order valence-corrected chi connectivity index (χ4v) is 5.85. The van der Waals surface area contributed by atoms with E-state index in [9.17, 15) is 12.8 Å². The Morgan fingerprint density at radius 1 is 1.00 bits per heavy atom. The Morgan fingerprint density at radius 3 is 2.62 bits per heavy atom. The summed E-state index contributed by atoms with van der Waals surface area (Å²) < 4.78 is 45.0. The molecule has 2 heterocycles. The van der Waals surface area contributed by atoms with Crippen LogP contribution in [0.1, 0.15) is 5.01 Å². The van der Waals surface area contributed by atoms with Gasteiger partial charge >= 0.3 is 0 Å². The number of ether oxygens (including phenoxy) is 1. The molecule has 3 aromatic carbocycles. The van der Waals surface area contributed by atoms with E-state index in [1.807, 2.05) is 24.3 Å². The maximum absolute atomic E-state index is 13.7. The van der Waals surface area contributed by atoms with Crippen molar-refractivity contribution in [2.75, 3.05) is 7.11 Å². The SMILES string of the molecule is COc1cc(-c2cccc(F)c2)ccc1-c1ncnc2cc(S(=O)(=O)Cc3nncs3)ccc12. The van der Waals surface area contributed by atoms with E-state index >= 15 is 0 Å². The number of fused-ring (bicyclic) bond motifs is 1. The van der Waals surface area contributed by atoms with Gasteiger partial charge in [-0.3, -0.25) is 0 Å². The number of halogens is 1. The lowest BCUT2D eigenvalue weighted by Gasteiger charge is -2.13. The number of benzene rings is 3. The Morgan fingerprint density at radius 2 is 1.85 bits per heavy atom. The van der Waals surface area contributed by atoms with Crippen LogP contribution in [-0.4, -0.2) is 35.7 Å². The van der Waals surface area contributed by atoms with E-state index < -0.39 is 9.84 Å². The fourth-order valence-electron chi connectivity index (χ4n) is 3.68. The van der Waals surface area contributed by atoms with E-state index in [0.717, 1.165) is 11.1 Å². The summed E-state index contributed by atoms with van der Waals surface area (Å²) in [4.78, 5) is 8.87. The van der Waals surface area contributed by atoms with Gasteiger partial charge in [0, 0.05) is 10.9 Å². The second-order valence-electron chi connectivity index (χ2n) is 7.42. The van der Waals surface area contributed by atoms with Crippen LogP contribution in [0.4, 0.5) is 4.39 Å². The van der Waals surface area contributed by atoms with E-state index in [-0.39, 0.29) is 16.5 Å². The van der Waals surface area contributed by atoms with Crippen LogP contribution in [0.2, 0.25) is 0 Å². The Hall–Kier alpha value is -3.76. The molecular formula is C24H17FN4O3S2. The first-order valence-corrected chi connectivity index (χ1v) is 12.6. The predicted molar refractivity (Wildman–Crippen MR) is 128 cm³/mol. The molecule has 0 spiro atoms. The van der Waals surface area contributed by atoms with Crippen LogP contribution >= 0.6 is 11.3 Å². The van der Waals surface area contributed by atoms with E-state index in [2.05, 4.69) is 20.2 Å².